The third-order valence-corrected chi connectivity index (χ3v) is 2.94. The zero-order valence-corrected chi connectivity index (χ0v) is 10.5. The van der Waals surface area contributed by atoms with Crippen molar-refractivity contribution in [1.82, 2.24) is 5.32 Å². The first-order valence-electron chi connectivity index (χ1n) is 5.66. The first-order chi connectivity index (χ1) is 7.83. The maximum Gasteiger partial charge on any atom is 0.225 e. The van der Waals surface area contributed by atoms with Crippen LogP contribution in [0.3, 0.4) is 0 Å². The Morgan fingerprint density at radius 2 is 2.06 bits per heavy atom. The molecule has 0 radical (unpaired) electrons. The Morgan fingerprint density at radius 1 is 1.47 bits per heavy atom. The van der Waals surface area contributed by atoms with E-state index in [1.807, 2.05) is 20.8 Å². The number of para-hydroxylation sites is 1. The van der Waals surface area contributed by atoms with Gasteiger partial charge in [-0.25, -0.2) is 0 Å². The Kier molecular flexibility index (Phi) is 4.12. The van der Waals surface area contributed by atoms with Gasteiger partial charge in [0.2, 0.25) is 5.91 Å². The highest BCUT2D eigenvalue weighted by Crippen LogP contribution is 2.16. The van der Waals surface area contributed by atoms with Crippen LogP contribution < -0.4 is 11.1 Å². The van der Waals surface area contributed by atoms with Gasteiger partial charge in [-0.3, -0.25) is 4.79 Å². The van der Waals surface area contributed by atoms with E-state index in [1.54, 1.807) is 24.3 Å². The van der Waals surface area contributed by atoms with Gasteiger partial charge in [0.1, 0.15) is 5.75 Å². The third-order valence-electron chi connectivity index (χ3n) is 2.94. The van der Waals surface area contributed by atoms with Crippen LogP contribution in [0.25, 0.3) is 0 Å². The number of hydrogen-bond donors (Lipinski definition) is 3. The summed E-state index contributed by atoms with van der Waals surface area (Å²) in [7, 11) is 0. The fraction of sp³-hybridized carbons (Fsp3) is 0.462. The number of nitrogens with one attached hydrogen (secondary N) is 1. The van der Waals surface area contributed by atoms with E-state index in [-0.39, 0.29) is 24.1 Å². The summed E-state index contributed by atoms with van der Waals surface area (Å²) in [4.78, 5) is 11.8. The largest absolute Gasteiger partial charge is 0.508 e. The van der Waals surface area contributed by atoms with E-state index in [2.05, 4.69) is 5.32 Å². The van der Waals surface area contributed by atoms with Crippen molar-refractivity contribution in [1.29, 1.82) is 0 Å². The van der Waals surface area contributed by atoms with E-state index in [4.69, 9.17) is 5.73 Å². The van der Waals surface area contributed by atoms with Gasteiger partial charge < -0.3 is 16.2 Å². The number of rotatable bonds is 4. The monoisotopic (exact) mass is 236 g/mol. The second-order valence-electron chi connectivity index (χ2n) is 4.86. The van der Waals surface area contributed by atoms with Crippen LogP contribution in [-0.4, -0.2) is 22.6 Å². The van der Waals surface area contributed by atoms with Crippen molar-refractivity contribution in [3.05, 3.63) is 29.8 Å². The van der Waals surface area contributed by atoms with Crippen molar-refractivity contribution in [2.45, 2.75) is 38.8 Å². The molecule has 0 aliphatic heterocycles. The fourth-order valence-corrected chi connectivity index (χ4v) is 1.35. The first kappa shape index (κ1) is 13.5. The average Bonchev–Trinajstić information content (AvgIpc) is 2.20. The number of phenolic OH excluding ortho intramolecular Hbond substituents is 1. The summed E-state index contributed by atoms with van der Waals surface area (Å²) in [6, 6.07) is 6.67. The molecule has 4 N–H and O–H groups in total. The van der Waals surface area contributed by atoms with Gasteiger partial charge in [-0.05, 0) is 26.8 Å². The van der Waals surface area contributed by atoms with Crippen molar-refractivity contribution in [2.75, 3.05) is 0 Å². The molecule has 1 aromatic rings. The van der Waals surface area contributed by atoms with Gasteiger partial charge in [0, 0.05) is 17.1 Å². The summed E-state index contributed by atoms with van der Waals surface area (Å²) < 4.78 is 0. The minimum Gasteiger partial charge on any atom is -0.508 e. The topological polar surface area (TPSA) is 75.3 Å². The van der Waals surface area contributed by atoms with Crippen molar-refractivity contribution >= 4 is 5.91 Å². The van der Waals surface area contributed by atoms with Gasteiger partial charge in [-0.15, -0.1) is 0 Å². The Morgan fingerprint density at radius 3 is 2.59 bits per heavy atom. The van der Waals surface area contributed by atoms with Crippen LogP contribution in [0.15, 0.2) is 24.3 Å². The molecule has 1 rings (SSSR count). The number of benzene rings is 1. The molecule has 1 aromatic carbocycles. The molecule has 4 nitrogen and oxygen atoms in total. The second kappa shape index (κ2) is 5.19. The van der Waals surface area contributed by atoms with Gasteiger partial charge in [0.05, 0.1) is 6.42 Å². The normalized spacial score (nSPS) is 13.2. The highest BCUT2D eigenvalue weighted by atomic mass is 16.3. The number of hydrogen-bond acceptors (Lipinski definition) is 3. The molecule has 1 amide bonds. The predicted molar refractivity (Wildman–Crippen MR) is 67.7 cm³/mol. The number of carbonyl (C=O) groups is 1. The van der Waals surface area contributed by atoms with Crippen molar-refractivity contribution in [2.24, 2.45) is 5.73 Å². The molecule has 0 aliphatic rings. The Hall–Kier alpha value is -1.55. The standard InChI is InChI=1S/C13H20N2O2/c1-9(14)13(2,3)15-12(17)8-10-6-4-5-7-11(10)16/h4-7,9,16H,8,14H2,1-3H3,(H,15,17). The summed E-state index contributed by atoms with van der Waals surface area (Å²) in [6.45, 7) is 5.60. The van der Waals surface area contributed by atoms with Crippen LogP contribution in [0.4, 0.5) is 0 Å². The molecule has 1 unspecified atom stereocenters. The highest BCUT2D eigenvalue weighted by molar-refractivity contribution is 5.80. The number of amides is 1. The highest BCUT2D eigenvalue weighted by Gasteiger charge is 2.24. The number of phenols is 1. The van der Waals surface area contributed by atoms with Crippen LogP contribution >= 0.6 is 0 Å². The molecular formula is C13H20N2O2. The molecule has 0 saturated carbocycles. The maximum absolute atomic E-state index is 11.8. The zero-order valence-electron chi connectivity index (χ0n) is 10.5. The average molecular weight is 236 g/mol. The summed E-state index contributed by atoms with van der Waals surface area (Å²) in [5.74, 6) is -0.00458. The van der Waals surface area contributed by atoms with Gasteiger partial charge >= 0.3 is 0 Å². The van der Waals surface area contributed by atoms with Crippen LogP contribution in [0.2, 0.25) is 0 Å². The van der Waals surface area contributed by atoms with Crippen LogP contribution in [0, 0.1) is 0 Å². The van der Waals surface area contributed by atoms with E-state index >= 15 is 0 Å². The van der Waals surface area contributed by atoms with Crippen LogP contribution in [-0.2, 0) is 11.2 Å². The molecule has 0 aromatic heterocycles. The number of nitrogens with two attached hydrogens (primary N) is 1. The molecule has 0 aliphatic carbocycles. The quantitative estimate of drug-likeness (QED) is 0.734. The lowest BCUT2D eigenvalue weighted by Gasteiger charge is -2.30. The summed E-state index contributed by atoms with van der Waals surface area (Å²) in [5, 5.41) is 12.4. The summed E-state index contributed by atoms with van der Waals surface area (Å²) in [6.07, 6.45) is 0.156. The molecule has 0 fully saturated rings. The molecule has 94 valence electrons. The van der Waals surface area contributed by atoms with E-state index in [0.717, 1.165) is 0 Å². The van der Waals surface area contributed by atoms with Gasteiger partial charge in [-0.1, -0.05) is 18.2 Å². The minimum absolute atomic E-state index is 0.140. The molecule has 0 saturated heterocycles. The van der Waals surface area contributed by atoms with Crippen LogP contribution in [0.1, 0.15) is 26.3 Å². The molecule has 4 heteroatoms. The third kappa shape index (κ3) is 3.75. The van der Waals surface area contributed by atoms with E-state index in [0.29, 0.717) is 5.56 Å². The van der Waals surface area contributed by atoms with Crippen LogP contribution in [0.5, 0.6) is 5.75 Å². The van der Waals surface area contributed by atoms with Crippen molar-refractivity contribution < 1.29 is 9.90 Å². The Labute approximate surface area is 102 Å². The molecule has 17 heavy (non-hydrogen) atoms. The second-order valence-corrected chi connectivity index (χ2v) is 4.86. The van der Waals surface area contributed by atoms with Gasteiger partial charge in [0.25, 0.3) is 0 Å². The molecule has 0 spiro atoms. The fourth-order valence-electron chi connectivity index (χ4n) is 1.35. The molecule has 0 heterocycles. The van der Waals surface area contributed by atoms with E-state index in [9.17, 15) is 9.90 Å². The lowest BCUT2D eigenvalue weighted by atomic mass is 9.96. The van der Waals surface area contributed by atoms with E-state index < -0.39 is 5.54 Å². The summed E-state index contributed by atoms with van der Waals surface area (Å²) in [5.41, 5.74) is 5.94. The zero-order chi connectivity index (χ0) is 13.1. The smallest absolute Gasteiger partial charge is 0.225 e. The number of aromatic hydroxyl groups is 1. The maximum atomic E-state index is 11.8. The van der Waals surface area contributed by atoms with Crippen molar-refractivity contribution in [3.8, 4) is 5.75 Å². The van der Waals surface area contributed by atoms with E-state index in [1.165, 1.54) is 0 Å². The molecular weight excluding hydrogens is 216 g/mol. The molecule has 0 bridgehead atoms. The number of carbonyl (C=O) groups excluding carboxylic acids is 1. The lowest BCUT2D eigenvalue weighted by molar-refractivity contribution is -0.122. The van der Waals surface area contributed by atoms with Gasteiger partial charge in [-0.2, -0.15) is 0 Å². The Bertz CT molecular complexity index is 400. The minimum atomic E-state index is -0.457. The SMILES string of the molecule is CC(N)C(C)(C)NC(=O)Cc1ccccc1O. The Balaban J connectivity index is 2.66. The van der Waals surface area contributed by atoms with Gasteiger partial charge in [0.15, 0.2) is 0 Å². The summed E-state index contributed by atoms with van der Waals surface area (Å²) >= 11 is 0. The lowest BCUT2D eigenvalue weighted by Crippen LogP contribution is -2.54. The van der Waals surface area contributed by atoms with Crippen molar-refractivity contribution in [3.63, 3.8) is 0 Å². The predicted octanol–water partition coefficient (Wildman–Crippen LogP) is 1.18. The molecule has 1 atom stereocenters. The first-order valence-corrected chi connectivity index (χ1v) is 5.66.